The second kappa shape index (κ2) is 8.48. The van der Waals surface area contributed by atoms with Gasteiger partial charge in [-0.2, -0.15) is 0 Å². The zero-order valence-electron chi connectivity index (χ0n) is 16.6. The number of anilines is 1. The van der Waals surface area contributed by atoms with Crippen molar-refractivity contribution in [1.82, 2.24) is 4.98 Å². The van der Waals surface area contributed by atoms with Crippen molar-refractivity contribution >= 4 is 74.2 Å². The monoisotopic (exact) mass is 498 g/mol. The molecule has 0 saturated heterocycles. The predicted octanol–water partition coefficient (Wildman–Crippen LogP) is 7.35. The number of para-hydroxylation sites is 1. The summed E-state index contributed by atoms with van der Waals surface area (Å²) in [6.07, 6.45) is 0. The van der Waals surface area contributed by atoms with Crippen LogP contribution in [-0.4, -0.2) is 16.9 Å². The summed E-state index contributed by atoms with van der Waals surface area (Å²) in [5.41, 5.74) is 2.30. The third-order valence-electron chi connectivity index (χ3n) is 4.93. The Morgan fingerprint density at radius 1 is 0.848 bits per heavy atom. The highest BCUT2D eigenvalue weighted by Crippen LogP contribution is 2.34. The highest BCUT2D eigenvalue weighted by atomic mass is 35.5. The van der Waals surface area contributed by atoms with Gasteiger partial charge in [0.1, 0.15) is 11.3 Å². The molecule has 0 bridgehead atoms. The molecule has 0 aliphatic carbocycles. The average molecular weight is 500 g/mol. The van der Waals surface area contributed by atoms with E-state index in [1.807, 2.05) is 24.3 Å². The summed E-state index contributed by atoms with van der Waals surface area (Å²) in [7, 11) is 0. The zero-order valence-corrected chi connectivity index (χ0v) is 18.9. The lowest BCUT2D eigenvalue weighted by Gasteiger charge is -2.06. The third kappa shape index (κ3) is 4.28. The molecule has 0 aliphatic heterocycles. The minimum atomic E-state index is -0.754. The number of furan rings is 1. The minimum absolute atomic E-state index is 0.0359. The largest absolute Gasteiger partial charge is 0.449 e. The first kappa shape index (κ1) is 21.4. The second-order valence-corrected chi connectivity index (χ2v) is 8.40. The van der Waals surface area contributed by atoms with Crippen LogP contribution in [-0.2, 0) is 0 Å². The Morgan fingerprint density at radius 3 is 2.45 bits per heavy atom. The molecule has 5 rings (SSSR count). The van der Waals surface area contributed by atoms with E-state index < -0.39 is 5.97 Å². The molecule has 0 spiro atoms. The van der Waals surface area contributed by atoms with Gasteiger partial charge in [-0.25, -0.2) is 4.79 Å². The number of amides is 1. The van der Waals surface area contributed by atoms with E-state index in [1.165, 1.54) is 18.2 Å². The number of ether oxygens (including phenoxy) is 1. The molecule has 0 unspecified atom stereocenters. The molecule has 5 aromatic rings. The third-order valence-corrected chi connectivity index (χ3v) is 5.94. The number of H-pyrrole nitrogens is 1. The number of esters is 1. The van der Waals surface area contributed by atoms with Gasteiger partial charge in [-0.05, 0) is 42.5 Å². The summed E-state index contributed by atoms with van der Waals surface area (Å²) < 4.78 is 10.9. The number of hydrogen-bond acceptors (Lipinski definition) is 4. The molecule has 0 aliphatic rings. The van der Waals surface area contributed by atoms with Crippen LogP contribution in [0, 0.1) is 0 Å². The predicted molar refractivity (Wildman–Crippen MR) is 129 cm³/mol. The zero-order chi connectivity index (χ0) is 23.1. The molecule has 2 N–H and O–H groups in total. The fraction of sp³-hybridized carbons (Fsp3) is 0. The molecule has 164 valence electrons. The van der Waals surface area contributed by atoms with Crippen LogP contribution in [0.5, 0.6) is 5.75 Å². The van der Waals surface area contributed by atoms with E-state index in [2.05, 4.69) is 10.3 Å². The van der Waals surface area contributed by atoms with Crippen LogP contribution in [0.25, 0.3) is 21.9 Å². The fourth-order valence-electron chi connectivity index (χ4n) is 3.35. The van der Waals surface area contributed by atoms with E-state index >= 15 is 0 Å². The van der Waals surface area contributed by atoms with Gasteiger partial charge in [-0.15, -0.1) is 0 Å². The van der Waals surface area contributed by atoms with Crippen molar-refractivity contribution in [2.24, 2.45) is 0 Å². The van der Waals surface area contributed by atoms with Gasteiger partial charge >= 0.3 is 5.97 Å². The summed E-state index contributed by atoms with van der Waals surface area (Å²) >= 11 is 17.9. The Hall–Kier alpha value is -3.45. The smallest absolute Gasteiger partial charge is 0.379 e. The molecule has 2 aromatic heterocycles. The fourth-order valence-corrected chi connectivity index (χ4v) is 3.92. The van der Waals surface area contributed by atoms with Crippen LogP contribution in [0.15, 0.2) is 71.1 Å². The van der Waals surface area contributed by atoms with Crippen molar-refractivity contribution in [2.45, 2.75) is 0 Å². The summed E-state index contributed by atoms with van der Waals surface area (Å²) in [5, 5.41) is 4.96. The van der Waals surface area contributed by atoms with Crippen LogP contribution in [0.1, 0.15) is 21.0 Å². The van der Waals surface area contributed by atoms with Gasteiger partial charge in [0.15, 0.2) is 5.75 Å². The number of benzene rings is 3. The second-order valence-electron chi connectivity index (χ2n) is 7.17. The number of carbonyl (C=O) groups is 2. The lowest BCUT2D eigenvalue weighted by molar-refractivity contribution is 0.0704. The number of halogens is 3. The molecular formula is C24H13Cl3N2O4. The Morgan fingerprint density at radius 2 is 1.64 bits per heavy atom. The van der Waals surface area contributed by atoms with Crippen molar-refractivity contribution in [3.63, 3.8) is 0 Å². The van der Waals surface area contributed by atoms with Gasteiger partial charge in [0, 0.05) is 28.0 Å². The molecule has 3 aromatic carbocycles. The normalized spacial score (nSPS) is 11.1. The summed E-state index contributed by atoms with van der Waals surface area (Å²) in [6, 6.07) is 18.7. The van der Waals surface area contributed by atoms with E-state index in [1.54, 1.807) is 24.3 Å². The van der Waals surface area contributed by atoms with E-state index in [-0.39, 0.29) is 32.5 Å². The lowest BCUT2D eigenvalue weighted by Crippen LogP contribution is -2.11. The average Bonchev–Trinajstić information content (AvgIpc) is 3.41. The van der Waals surface area contributed by atoms with Crippen molar-refractivity contribution in [3.05, 3.63) is 93.3 Å². The first-order valence-corrected chi connectivity index (χ1v) is 10.8. The Balaban J connectivity index is 1.35. The van der Waals surface area contributed by atoms with Crippen molar-refractivity contribution in [2.75, 3.05) is 5.32 Å². The highest BCUT2D eigenvalue weighted by molar-refractivity contribution is 6.43. The number of fused-ring (bicyclic) bond motifs is 2. The maximum Gasteiger partial charge on any atom is 0.379 e. The van der Waals surface area contributed by atoms with Gasteiger partial charge in [0.25, 0.3) is 5.91 Å². The first-order valence-electron chi connectivity index (χ1n) is 9.67. The number of carbonyl (C=O) groups excluding carboxylic acids is 2. The van der Waals surface area contributed by atoms with Gasteiger partial charge in [-0.1, -0.05) is 53.0 Å². The summed E-state index contributed by atoms with van der Waals surface area (Å²) in [6.45, 7) is 0. The number of nitrogens with one attached hydrogen (secondary N) is 2. The molecule has 9 heteroatoms. The van der Waals surface area contributed by atoms with Crippen LogP contribution in [0.4, 0.5) is 5.69 Å². The standard InChI is InChI=1S/C24H13Cl3N2O4/c25-15-10-17(27)21(11-16(15)26)33-24(31)22-9-13-7-14(5-6-20(13)32-22)28-23(30)19-8-12-3-1-2-4-18(12)29-19/h1-11,29H,(H,28,30). The number of hydrogen-bond donors (Lipinski definition) is 2. The number of rotatable bonds is 4. The van der Waals surface area contributed by atoms with Crippen LogP contribution in [0.3, 0.4) is 0 Å². The van der Waals surface area contributed by atoms with E-state index in [0.717, 1.165) is 10.9 Å². The van der Waals surface area contributed by atoms with E-state index in [4.69, 9.17) is 44.0 Å². The molecule has 0 atom stereocenters. The highest BCUT2D eigenvalue weighted by Gasteiger charge is 2.18. The van der Waals surface area contributed by atoms with E-state index in [9.17, 15) is 9.59 Å². The van der Waals surface area contributed by atoms with Crippen LogP contribution in [0.2, 0.25) is 15.1 Å². The molecule has 33 heavy (non-hydrogen) atoms. The first-order chi connectivity index (χ1) is 15.9. The molecule has 2 heterocycles. The van der Waals surface area contributed by atoms with Gasteiger partial charge < -0.3 is 19.5 Å². The Labute approximate surface area is 202 Å². The van der Waals surface area contributed by atoms with E-state index in [0.29, 0.717) is 22.4 Å². The number of aromatic amines is 1. The lowest BCUT2D eigenvalue weighted by atomic mass is 10.2. The topological polar surface area (TPSA) is 84.3 Å². The molecule has 0 radical (unpaired) electrons. The summed E-state index contributed by atoms with van der Waals surface area (Å²) in [4.78, 5) is 28.3. The maximum absolute atomic E-state index is 12.6. The van der Waals surface area contributed by atoms with Gasteiger partial charge in [-0.3, -0.25) is 4.79 Å². The van der Waals surface area contributed by atoms with Crippen molar-refractivity contribution in [3.8, 4) is 5.75 Å². The maximum atomic E-state index is 12.6. The molecule has 0 saturated carbocycles. The Bertz CT molecular complexity index is 1520. The van der Waals surface area contributed by atoms with Crippen LogP contribution >= 0.6 is 34.8 Å². The van der Waals surface area contributed by atoms with Gasteiger partial charge in [0.2, 0.25) is 5.76 Å². The minimum Gasteiger partial charge on any atom is -0.449 e. The van der Waals surface area contributed by atoms with Crippen molar-refractivity contribution in [1.29, 1.82) is 0 Å². The van der Waals surface area contributed by atoms with Crippen molar-refractivity contribution < 1.29 is 18.7 Å². The van der Waals surface area contributed by atoms with Gasteiger partial charge in [0.05, 0.1) is 15.1 Å². The number of aromatic nitrogens is 1. The molecule has 1 amide bonds. The van der Waals surface area contributed by atoms with Crippen LogP contribution < -0.4 is 10.1 Å². The summed E-state index contributed by atoms with van der Waals surface area (Å²) in [5.74, 6) is -1.02. The molecule has 6 nitrogen and oxygen atoms in total. The Kier molecular flexibility index (Phi) is 5.50. The SMILES string of the molecule is O=C(Nc1ccc2oc(C(=O)Oc3cc(Cl)c(Cl)cc3Cl)cc2c1)c1cc2ccccc2[nH]1. The molecular weight excluding hydrogens is 487 g/mol. The quantitative estimate of drug-likeness (QED) is 0.154. The molecule has 0 fully saturated rings.